The van der Waals surface area contributed by atoms with Crippen LogP contribution in [0.5, 0.6) is 0 Å². The van der Waals surface area contributed by atoms with E-state index < -0.39 is 17.4 Å². The lowest BCUT2D eigenvalue weighted by Gasteiger charge is -2.46. The molecule has 0 aromatic carbocycles. The van der Waals surface area contributed by atoms with Gasteiger partial charge in [0, 0.05) is 18.8 Å². The van der Waals surface area contributed by atoms with Gasteiger partial charge in [0.25, 0.3) is 0 Å². The van der Waals surface area contributed by atoms with Crippen LogP contribution in [0, 0.1) is 11.3 Å². The van der Waals surface area contributed by atoms with Gasteiger partial charge in [-0.2, -0.15) is 5.10 Å². The van der Waals surface area contributed by atoms with Crippen LogP contribution in [-0.2, 0) is 4.79 Å². The number of carbonyl (C=O) groups excluding carboxylic acids is 2. The molecule has 0 bridgehead atoms. The average molecular weight is 267 g/mol. The summed E-state index contributed by atoms with van der Waals surface area (Å²) in [7, 11) is 0. The Bertz CT molecular complexity index is 436. The fourth-order valence-corrected chi connectivity index (χ4v) is 3.09. The molecule has 2 heterocycles. The molecule has 2 rings (SSSR count). The van der Waals surface area contributed by atoms with Crippen molar-refractivity contribution in [2.75, 3.05) is 13.1 Å². The first-order valence-electron chi connectivity index (χ1n) is 6.48. The zero-order valence-corrected chi connectivity index (χ0v) is 11.5. The molecule has 1 fully saturated rings. The summed E-state index contributed by atoms with van der Waals surface area (Å²) in [4.78, 5) is 25.0. The predicted octanol–water partition coefficient (Wildman–Crippen LogP) is -0.433. The van der Waals surface area contributed by atoms with Gasteiger partial charge in [-0.15, -0.1) is 0 Å². The smallest absolute Gasteiger partial charge is 0.315 e. The Kier molecular flexibility index (Phi) is 3.15. The first-order chi connectivity index (χ1) is 8.80. The Balaban J connectivity index is 2.35. The molecule has 4 N–H and O–H groups in total. The summed E-state index contributed by atoms with van der Waals surface area (Å²) in [5.41, 5.74) is 10.2. The maximum absolute atomic E-state index is 11.9. The number of urea groups is 1. The molecule has 2 aliphatic heterocycles. The van der Waals surface area contributed by atoms with Gasteiger partial charge in [0.1, 0.15) is 5.41 Å². The normalized spacial score (nSPS) is 33.7. The fraction of sp³-hybridized carbons (Fsp3) is 0.750. The molecule has 3 amide bonds. The Morgan fingerprint density at radius 1 is 1.37 bits per heavy atom. The van der Waals surface area contributed by atoms with Gasteiger partial charge in [0.15, 0.2) is 0 Å². The Hall–Kier alpha value is -1.79. The summed E-state index contributed by atoms with van der Waals surface area (Å²) in [5, 5.41) is 6.18. The van der Waals surface area contributed by atoms with Gasteiger partial charge < -0.3 is 16.4 Å². The fourth-order valence-electron chi connectivity index (χ4n) is 3.09. The number of hydrogen-bond donors (Lipinski definition) is 2. The van der Waals surface area contributed by atoms with Crippen molar-refractivity contribution in [3.8, 4) is 0 Å². The second-order valence-electron chi connectivity index (χ2n) is 5.67. The average Bonchev–Trinajstić information content (AvgIpc) is 2.66. The highest BCUT2D eigenvalue weighted by Crippen LogP contribution is 2.39. The number of primary amides is 2. The Morgan fingerprint density at radius 2 is 2.00 bits per heavy atom. The van der Waals surface area contributed by atoms with E-state index in [0.29, 0.717) is 13.1 Å². The first kappa shape index (κ1) is 13.6. The minimum absolute atomic E-state index is 0.00637. The van der Waals surface area contributed by atoms with E-state index in [4.69, 9.17) is 11.5 Å². The molecule has 0 aromatic heterocycles. The Morgan fingerprint density at radius 3 is 2.47 bits per heavy atom. The zero-order chi connectivity index (χ0) is 14.4. The van der Waals surface area contributed by atoms with Gasteiger partial charge in [-0.1, -0.05) is 13.8 Å². The lowest BCUT2D eigenvalue weighted by atomic mass is 9.71. The van der Waals surface area contributed by atoms with E-state index in [1.807, 2.05) is 25.8 Å². The first-order valence-corrected chi connectivity index (χ1v) is 6.48. The monoisotopic (exact) mass is 267 g/mol. The van der Waals surface area contributed by atoms with Crippen LogP contribution < -0.4 is 11.5 Å². The van der Waals surface area contributed by atoms with Gasteiger partial charge in [0.2, 0.25) is 5.91 Å². The number of carbonyl (C=O) groups is 2. The summed E-state index contributed by atoms with van der Waals surface area (Å²) >= 11 is 0. The topological polar surface area (TPSA) is 105 Å². The van der Waals surface area contributed by atoms with Gasteiger partial charge in [-0.05, 0) is 12.8 Å². The van der Waals surface area contributed by atoms with Crippen molar-refractivity contribution >= 4 is 18.2 Å². The van der Waals surface area contributed by atoms with Crippen molar-refractivity contribution in [2.45, 2.75) is 32.9 Å². The van der Waals surface area contributed by atoms with Crippen molar-refractivity contribution in [3.05, 3.63) is 0 Å². The molecule has 2 aliphatic rings. The van der Waals surface area contributed by atoms with Crippen LogP contribution in [0.15, 0.2) is 5.10 Å². The molecule has 7 nitrogen and oxygen atoms in total. The quantitative estimate of drug-likeness (QED) is 0.709. The minimum atomic E-state index is -0.839. The summed E-state index contributed by atoms with van der Waals surface area (Å²) in [6, 6.07) is -0.725. The van der Waals surface area contributed by atoms with Crippen LogP contribution >= 0.6 is 0 Å². The molecule has 0 spiro atoms. The van der Waals surface area contributed by atoms with Crippen LogP contribution in [0.3, 0.4) is 0 Å². The molecule has 106 valence electrons. The summed E-state index contributed by atoms with van der Waals surface area (Å²) < 4.78 is 0. The third-order valence-corrected chi connectivity index (χ3v) is 4.35. The predicted molar refractivity (Wildman–Crippen MR) is 71.2 cm³/mol. The number of fused-ring (bicyclic) bond motifs is 1. The second kappa shape index (κ2) is 4.40. The molecule has 19 heavy (non-hydrogen) atoms. The summed E-state index contributed by atoms with van der Waals surface area (Å²) in [5.74, 6) is -0.399. The molecule has 0 saturated carbocycles. The molecule has 0 radical (unpaired) electrons. The van der Waals surface area contributed by atoms with E-state index in [1.165, 1.54) is 0 Å². The molecule has 0 aromatic rings. The van der Waals surface area contributed by atoms with Crippen molar-refractivity contribution < 1.29 is 9.59 Å². The molecular weight excluding hydrogens is 246 g/mol. The van der Waals surface area contributed by atoms with Gasteiger partial charge in [0.05, 0.1) is 12.6 Å². The number of rotatable bonds is 2. The van der Waals surface area contributed by atoms with E-state index >= 15 is 0 Å². The number of nitrogens with zero attached hydrogens (tertiary/aromatic N) is 3. The third-order valence-electron chi connectivity index (χ3n) is 4.35. The number of nitrogens with two attached hydrogens (primary N) is 2. The largest absolute Gasteiger partial charge is 0.369 e. The summed E-state index contributed by atoms with van der Waals surface area (Å²) in [6.45, 7) is 6.72. The number of hydrogen-bond acceptors (Lipinski definition) is 4. The van der Waals surface area contributed by atoms with Crippen LogP contribution in [0.2, 0.25) is 0 Å². The van der Waals surface area contributed by atoms with Crippen LogP contribution in [0.4, 0.5) is 4.79 Å². The Labute approximate surface area is 112 Å². The number of hydrazone groups is 1. The van der Waals surface area contributed by atoms with Crippen molar-refractivity contribution in [1.82, 2.24) is 9.91 Å². The SMILES string of the molecule is CC1CN2N=CC(C(N)=O)(C(C)C)C2CN1C(N)=O. The molecule has 7 heteroatoms. The maximum atomic E-state index is 11.9. The van der Waals surface area contributed by atoms with Crippen LogP contribution in [0.25, 0.3) is 0 Å². The molecule has 1 saturated heterocycles. The summed E-state index contributed by atoms with van der Waals surface area (Å²) in [6.07, 6.45) is 1.64. The standard InChI is InChI=1S/C12H21N5O2/c1-7(2)12(10(13)18)6-15-17-4-8(3)16(11(14)19)5-9(12)17/h6-9H,4-5H2,1-3H3,(H2,13,18)(H2,14,19). The highest BCUT2D eigenvalue weighted by atomic mass is 16.2. The van der Waals surface area contributed by atoms with Crippen molar-refractivity contribution in [3.63, 3.8) is 0 Å². The van der Waals surface area contributed by atoms with Crippen molar-refractivity contribution in [1.29, 1.82) is 0 Å². The second-order valence-corrected chi connectivity index (χ2v) is 5.67. The third kappa shape index (κ3) is 1.84. The lowest BCUT2D eigenvalue weighted by molar-refractivity contribution is -0.130. The van der Waals surface area contributed by atoms with E-state index in [9.17, 15) is 9.59 Å². The minimum Gasteiger partial charge on any atom is -0.369 e. The van der Waals surface area contributed by atoms with Gasteiger partial charge in [-0.3, -0.25) is 9.80 Å². The highest BCUT2D eigenvalue weighted by Gasteiger charge is 2.55. The lowest BCUT2D eigenvalue weighted by Crippen LogP contribution is -2.64. The molecule has 0 aliphatic carbocycles. The van der Waals surface area contributed by atoms with Crippen molar-refractivity contribution in [2.24, 2.45) is 27.9 Å². The van der Waals surface area contributed by atoms with E-state index in [2.05, 4.69) is 5.10 Å². The molecule has 3 unspecified atom stereocenters. The van der Waals surface area contributed by atoms with Gasteiger partial charge in [-0.25, -0.2) is 4.79 Å². The van der Waals surface area contributed by atoms with E-state index in [-0.39, 0.29) is 18.0 Å². The van der Waals surface area contributed by atoms with E-state index in [1.54, 1.807) is 11.1 Å². The van der Waals surface area contributed by atoms with Gasteiger partial charge >= 0.3 is 6.03 Å². The van der Waals surface area contributed by atoms with E-state index in [0.717, 1.165) is 0 Å². The molecule has 3 atom stereocenters. The highest BCUT2D eigenvalue weighted by molar-refractivity contribution is 6.00. The number of amides is 3. The van der Waals surface area contributed by atoms with Crippen LogP contribution in [0.1, 0.15) is 20.8 Å². The molecular formula is C12H21N5O2. The zero-order valence-electron chi connectivity index (χ0n) is 11.5. The number of piperazine rings is 1. The van der Waals surface area contributed by atoms with Crippen LogP contribution in [-0.4, -0.2) is 53.2 Å². The maximum Gasteiger partial charge on any atom is 0.315 e.